The van der Waals surface area contributed by atoms with E-state index in [0.29, 0.717) is 21.5 Å². The van der Waals surface area contributed by atoms with Crippen LogP contribution in [-0.4, -0.2) is 16.8 Å². The normalized spacial score (nSPS) is 17.0. The fourth-order valence-electron chi connectivity index (χ4n) is 2.22. The van der Waals surface area contributed by atoms with Gasteiger partial charge in [0, 0.05) is 22.5 Å². The van der Waals surface area contributed by atoms with E-state index in [0.717, 1.165) is 10.0 Å². The van der Waals surface area contributed by atoms with Crippen molar-refractivity contribution < 1.29 is 9.53 Å². The summed E-state index contributed by atoms with van der Waals surface area (Å²) < 4.78 is 6.78. The Hall–Kier alpha value is -1.56. The van der Waals surface area contributed by atoms with E-state index >= 15 is 0 Å². The van der Waals surface area contributed by atoms with E-state index < -0.39 is 6.23 Å². The number of hydrogen-bond acceptors (Lipinski definition) is 3. The third-order valence-electron chi connectivity index (χ3n) is 3.29. The summed E-state index contributed by atoms with van der Waals surface area (Å²) in [6.07, 6.45) is -0.743. The van der Waals surface area contributed by atoms with Crippen molar-refractivity contribution in [3.63, 3.8) is 0 Å². The van der Waals surface area contributed by atoms with Gasteiger partial charge in [0.2, 0.25) is 18.0 Å². The predicted octanol–water partition coefficient (Wildman–Crippen LogP) is 5.00. The Morgan fingerprint density at radius 2 is 2.00 bits per heavy atom. The average Bonchev–Trinajstić information content (AvgIpc) is 2.95. The van der Waals surface area contributed by atoms with Gasteiger partial charge in [-0.2, -0.15) is 5.01 Å². The molecular formula is C16H11BrCl2N2O2. The van der Waals surface area contributed by atoms with Gasteiger partial charge in [-0.1, -0.05) is 57.3 Å². The molecule has 1 heterocycles. The lowest BCUT2D eigenvalue weighted by atomic mass is 10.2. The van der Waals surface area contributed by atoms with Gasteiger partial charge in [0.05, 0.1) is 10.0 Å². The number of carbonyl (C=O) groups excluding carboxylic acids is 1. The number of ether oxygens (including phenoxy) is 1. The Bertz CT molecular complexity index is 810. The third-order valence-corrected chi connectivity index (χ3v) is 4.61. The molecule has 1 aliphatic heterocycles. The van der Waals surface area contributed by atoms with Crippen molar-refractivity contribution in [2.75, 3.05) is 0 Å². The first-order valence-electron chi connectivity index (χ1n) is 6.72. The summed E-state index contributed by atoms with van der Waals surface area (Å²) in [5.74, 6) is 0.0959. The van der Waals surface area contributed by atoms with Gasteiger partial charge in [-0.3, -0.25) is 4.79 Å². The van der Waals surface area contributed by atoms with Gasteiger partial charge in [-0.05, 0) is 24.3 Å². The van der Waals surface area contributed by atoms with E-state index in [1.807, 2.05) is 24.3 Å². The zero-order valence-corrected chi connectivity index (χ0v) is 15.1. The maximum Gasteiger partial charge on any atom is 0.243 e. The van der Waals surface area contributed by atoms with Gasteiger partial charge < -0.3 is 4.74 Å². The maximum absolute atomic E-state index is 11.9. The summed E-state index contributed by atoms with van der Waals surface area (Å²) >= 11 is 15.7. The summed E-state index contributed by atoms with van der Waals surface area (Å²) in [6.45, 7) is 1.42. The molecule has 2 aromatic carbocycles. The first kappa shape index (κ1) is 16.3. The van der Waals surface area contributed by atoms with Crippen LogP contribution in [0.2, 0.25) is 10.0 Å². The van der Waals surface area contributed by atoms with E-state index in [1.54, 1.807) is 18.2 Å². The zero-order valence-electron chi connectivity index (χ0n) is 12.0. The molecule has 1 amide bonds. The molecule has 0 saturated heterocycles. The number of nitrogens with zero attached hydrogens (tertiary/aromatic N) is 2. The lowest BCUT2D eigenvalue weighted by molar-refractivity contribution is -0.135. The summed E-state index contributed by atoms with van der Waals surface area (Å²) in [6, 6.07) is 12.7. The first-order valence-corrected chi connectivity index (χ1v) is 8.27. The van der Waals surface area contributed by atoms with Crippen LogP contribution in [0.5, 0.6) is 0 Å². The summed E-state index contributed by atoms with van der Waals surface area (Å²) in [5.41, 5.74) is 1.34. The van der Waals surface area contributed by atoms with E-state index in [4.69, 9.17) is 27.9 Å². The monoisotopic (exact) mass is 412 g/mol. The number of rotatable bonds is 2. The van der Waals surface area contributed by atoms with Crippen LogP contribution in [0, 0.1) is 0 Å². The van der Waals surface area contributed by atoms with Crippen LogP contribution in [-0.2, 0) is 9.53 Å². The molecule has 7 heteroatoms. The molecule has 3 rings (SSSR count). The second kappa shape index (κ2) is 6.51. The van der Waals surface area contributed by atoms with E-state index in [-0.39, 0.29) is 5.91 Å². The minimum atomic E-state index is -0.743. The highest BCUT2D eigenvalue weighted by molar-refractivity contribution is 9.10. The number of hydrazone groups is 1. The molecule has 2 aromatic rings. The summed E-state index contributed by atoms with van der Waals surface area (Å²) in [4.78, 5) is 11.9. The standard InChI is InChI=1S/C16H11BrCl2N2O2/c1-9(22)21-16(12-6-3-7-13(18)14(12)19)23-15(20-21)10-4-2-5-11(17)8-10/h2-8,16H,1H3/t16-/m0/s1. The number of halogens is 3. The van der Waals surface area contributed by atoms with Crippen molar-refractivity contribution in [1.82, 2.24) is 5.01 Å². The number of amides is 1. The molecular weight excluding hydrogens is 403 g/mol. The highest BCUT2D eigenvalue weighted by Crippen LogP contribution is 2.37. The van der Waals surface area contributed by atoms with Crippen molar-refractivity contribution in [2.45, 2.75) is 13.2 Å². The van der Waals surface area contributed by atoms with Crippen LogP contribution >= 0.6 is 39.1 Å². The van der Waals surface area contributed by atoms with Gasteiger partial charge >= 0.3 is 0 Å². The van der Waals surface area contributed by atoms with Crippen molar-refractivity contribution in [3.8, 4) is 0 Å². The van der Waals surface area contributed by atoms with Gasteiger partial charge in [-0.15, -0.1) is 5.10 Å². The van der Waals surface area contributed by atoms with Gasteiger partial charge in [0.1, 0.15) is 0 Å². The topological polar surface area (TPSA) is 41.9 Å². The van der Waals surface area contributed by atoms with Crippen LogP contribution in [0.25, 0.3) is 0 Å². The SMILES string of the molecule is CC(=O)N1N=C(c2cccc(Br)c2)O[C@H]1c1cccc(Cl)c1Cl. The Morgan fingerprint density at radius 3 is 2.70 bits per heavy atom. The molecule has 118 valence electrons. The van der Waals surface area contributed by atoms with E-state index in [9.17, 15) is 4.79 Å². The lowest BCUT2D eigenvalue weighted by Gasteiger charge is -2.20. The minimum absolute atomic E-state index is 0.254. The second-order valence-electron chi connectivity index (χ2n) is 4.89. The number of hydrogen-bond donors (Lipinski definition) is 0. The second-order valence-corrected chi connectivity index (χ2v) is 6.59. The van der Waals surface area contributed by atoms with Crippen LogP contribution < -0.4 is 0 Å². The molecule has 0 N–H and O–H groups in total. The molecule has 0 aliphatic carbocycles. The van der Waals surface area contributed by atoms with Crippen LogP contribution in [0.3, 0.4) is 0 Å². The van der Waals surface area contributed by atoms with E-state index in [2.05, 4.69) is 21.0 Å². The number of carbonyl (C=O) groups is 1. The van der Waals surface area contributed by atoms with Crippen molar-refractivity contribution in [2.24, 2.45) is 5.10 Å². The van der Waals surface area contributed by atoms with Crippen LogP contribution in [0.4, 0.5) is 0 Å². The number of benzene rings is 2. The van der Waals surface area contributed by atoms with Gasteiger partial charge in [0.25, 0.3) is 0 Å². The molecule has 0 bridgehead atoms. The molecule has 0 radical (unpaired) electrons. The predicted molar refractivity (Wildman–Crippen MR) is 93.5 cm³/mol. The molecule has 0 aromatic heterocycles. The third kappa shape index (κ3) is 3.22. The summed E-state index contributed by atoms with van der Waals surface area (Å²) in [7, 11) is 0. The first-order chi connectivity index (χ1) is 11.0. The smallest absolute Gasteiger partial charge is 0.243 e. The largest absolute Gasteiger partial charge is 0.446 e. The lowest BCUT2D eigenvalue weighted by Crippen LogP contribution is -2.25. The molecule has 1 atom stereocenters. The molecule has 0 spiro atoms. The minimum Gasteiger partial charge on any atom is -0.446 e. The molecule has 0 unspecified atom stereocenters. The highest BCUT2D eigenvalue weighted by atomic mass is 79.9. The Balaban J connectivity index is 2.01. The fraction of sp³-hybridized carbons (Fsp3) is 0.125. The van der Waals surface area contributed by atoms with Gasteiger partial charge in [-0.25, -0.2) is 0 Å². The Morgan fingerprint density at radius 1 is 1.26 bits per heavy atom. The van der Waals surface area contributed by atoms with Crippen LogP contribution in [0.1, 0.15) is 24.3 Å². The zero-order chi connectivity index (χ0) is 16.6. The van der Waals surface area contributed by atoms with Crippen molar-refractivity contribution in [1.29, 1.82) is 0 Å². The fourth-order valence-corrected chi connectivity index (χ4v) is 3.02. The maximum atomic E-state index is 11.9. The van der Waals surface area contributed by atoms with E-state index in [1.165, 1.54) is 11.9 Å². The molecule has 0 fully saturated rings. The summed E-state index contributed by atoms with van der Waals surface area (Å²) in [5, 5.41) is 6.28. The van der Waals surface area contributed by atoms with Crippen molar-refractivity contribution >= 4 is 50.9 Å². The van der Waals surface area contributed by atoms with Crippen LogP contribution in [0.15, 0.2) is 52.0 Å². The molecule has 0 saturated carbocycles. The van der Waals surface area contributed by atoms with Gasteiger partial charge in [0.15, 0.2) is 0 Å². The highest BCUT2D eigenvalue weighted by Gasteiger charge is 2.34. The Kier molecular flexibility index (Phi) is 4.62. The Labute approximate surface area is 151 Å². The molecule has 23 heavy (non-hydrogen) atoms. The molecule has 1 aliphatic rings. The quantitative estimate of drug-likeness (QED) is 0.695. The van der Waals surface area contributed by atoms with Crippen molar-refractivity contribution in [3.05, 3.63) is 68.1 Å². The average molecular weight is 414 g/mol. The molecule has 4 nitrogen and oxygen atoms in total.